The molecule has 1 saturated heterocycles. The Labute approximate surface area is 163 Å². The molecule has 148 valence electrons. The van der Waals surface area contributed by atoms with Gasteiger partial charge in [0.25, 0.3) is 0 Å². The van der Waals surface area contributed by atoms with E-state index in [0.717, 1.165) is 12.8 Å². The number of rotatable bonds is 4. The van der Waals surface area contributed by atoms with E-state index in [0.29, 0.717) is 36.8 Å². The van der Waals surface area contributed by atoms with Gasteiger partial charge in [0.05, 0.1) is 6.42 Å². The summed E-state index contributed by atoms with van der Waals surface area (Å²) < 4.78 is 5.36. The van der Waals surface area contributed by atoms with Crippen molar-refractivity contribution in [3.05, 3.63) is 42.0 Å². The lowest BCUT2D eigenvalue weighted by molar-refractivity contribution is -0.122. The third-order valence-electron chi connectivity index (χ3n) is 4.83. The Kier molecular flexibility index (Phi) is 6.41. The van der Waals surface area contributed by atoms with Gasteiger partial charge in [-0.1, -0.05) is 18.2 Å². The van der Waals surface area contributed by atoms with Crippen molar-refractivity contribution in [1.29, 1.82) is 0 Å². The first-order chi connectivity index (χ1) is 13.5. The second-order valence-electron chi connectivity index (χ2n) is 6.82. The number of carbonyl (C=O) groups is 3. The molecule has 3 amide bonds. The lowest BCUT2D eigenvalue weighted by Gasteiger charge is -2.31. The van der Waals surface area contributed by atoms with Gasteiger partial charge in [-0.15, -0.1) is 0 Å². The highest BCUT2D eigenvalue weighted by atomic mass is 16.6. The Bertz CT molecular complexity index is 796. The summed E-state index contributed by atoms with van der Waals surface area (Å²) in [5, 5.41) is 5.49. The van der Waals surface area contributed by atoms with E-state index in [4.69, 9.17) is 4.74 Å². The Balaban J connectivity index is 1.43. The summed E-state index contributed by atoms with van der Waals surface area (Å²) in [5.74, 6) is 0.718. The predicted molar refractivity (Wildman–Crippen MR) is 104 cm³/mol. The number of benzene rings is 1. The zero-order chi connectivity index (χ0) is 19.9. The number of piperidine rings is 1. The van der Waals surface area contributed by atoms with Crippen LogP contribution in [0.5, 0.6) is 5.75 Å². The molecule has 2 heterocycles. The van der Waals surface area contributed by atoms with Crippen LogP contribution in [-0.4, -0.2) is 55.3 Å². The molecular formula is C20H24N4O4. The standard InChI is InChI=1S/C20H24N4O4/c1-21-17-11-15(12-18(25)23-17)19(26)22-13-14-7-9-24(10-8-14)20(27)28-16-5-3-2-4-6-16/h2-6,11,14H,7-10,12-13H2,1H3,(H,22,26)(H,21,23,25). The highest BCUT2D eigenvalue weighted by molar-refractivity contribution is 6.14. The lowest BCUT2D eigenvalue weighted by atomic mass is 9.96. The fraction of sp³-hybridized carbons (Fsp3) is 0.400. The number of hydrogen-bond donors (Lipinski definition) is 2. The summed E-state index contributed by atoms with van der Waals surface area (Å²) in [5.41, 5.74) is 0.410. The molecule has 0 bridgehead atoms. The number of likely N-dealkylation sites (tertiary alicyclic amines) is 1. The molecule has 1 aromatic carbocycles. The van der Waals surface area contributed by atoms with Crippen molar-refractivity contribution in [3.8, 4) is 5.75 Å². The van der Waals surface area contributed by atoms with Crippen LogP contribution in [0.1, 0.15) is 19.3 Å². The number of carbonyl (C=O) groups excluding carboxylic acids is 3. The summed E-state index contributed by atoms with van der Waals surface area (Å²) >= 11 is 0. The highest BCUT2D eigenvalue weighted by Gasteiger charge is 2.25. The molecule has 0 radical (unpaired) electrons. The number of aliphatic imine (C=N–C) groups is 1. The quantitative estimate of drug-likeness (QED) is 0.821. The minimum absolute atomic E-state index is 0.0502. The number of amides is 3. The second kappa shape index (κ2) is 9.16. The molecule has 3 rings (SSSR count). The van der Waals surface area contributed by atoms with Crippen LogP contribution in [0.3, 0.4) is 0 Å². The van der Waals surface area contributed by atoms with Gasteiger partial charge in [0.1, 0.15) is 11.6 Å². The van der Waals surface area contributed by atoms with Gasteiger partial charge < -0.3 is 20.3 Å². The van der Waals surface area contributed by atoms with E-state index in [-0.39, 0.29) is 30.2 Å². The van der Waals surface area contributed by atoms with Gasteiger partial charge >= 0.3 is 6.09 Å². The van der Waals surface area contributed by atoms with Gasteiger partial charge in [-0.2, -0.15) is 0 Å². The fourth-order valence-corrected chi connectivity index (χ4v) is 3.20. The van der Waals surface area contributed by atoms with E-state index in [1.54, 1.807) is 30.2 Å². The van der Waals surface area contributed by atoms with Crippen LogP contribution in [0.25, 0.3) is 0 Å². The maximum atomic E-state index is 12.3. The fourth-order valence-electron chi connectivity index (χ4n) is 3.20. The first-order valence-corrected chi connectivity index (χ1v) is 9.32. The molecule has 8 heteroatoms. The number of nitrogens with zero attached hydrogens (tertiary/aromatic N) is 2. The van der Waals surface area contributed by atoms with E-state index >= 15 is 0 Å². The maximum absolute atomic E-state index is 12.3. The first-order valence-electron chi connectivity index (χ1n) is 9.32. The molecule has 28 heavy (non-hydrogen) atoms. The van der Waals surface area contributed by atoms with Crippen LogP contribution in [0.4, 0.5) is 4.79 Å². The first kappa shape index (κ1) is 19.6. The Morgan fingerprint density at radius 1 is 1.25 bits per heavy atom. The molecule has 2 aliphatic rings. The summed E-state index contributed by atoms with van der Waals surface area (Å²) in [4.78, 5) is 41.8. The summed E-state index contributed by atoms with van der Waals surface area (Å²) in [6.07, 6.45) is 2.86. The van der Waals surface area contributed by atoms with Gasteiger partial charge in [0.15, 0.2) is 0 Å². The molecule has 0 unspecified atom stereocenters. The van der Waals surface area contributed by atoms with E-state index in [1.165, 1.54) is 0 Å². The average molecular weight is 384 g/mol. The van der Waals surface area contributed by atoms with Crippen LogP contribution in [0.15, 0.2) is 47.0 Å². The minimum atomic E-state index is -0.349. The SMILES string of the molecule is CN=C1C=C(C(=O)NCC2CCN(C(=O)Oc3ccccc3)CC2)CC(=O)N1. The smallest absolute Gasteiger partial charge is 0.410 e. The minimum Gasteiger partial charge on any atom is -0.410 e. The highest BCUT2D eigenvalue weighted by Crippen LogP contribution is 2.19. The van der Waals surface area contributed by atoms with Crippen molar-refractivity contribution < 1.29 is 19.1 Å². The molecule has 2 aliphatic heterocycles. The van der Waals surface area contributed by atoms with Gasteiger partial charge in [-0.05, 0) is 37.0 Å². The van der Waals surface area contributed by atoms with Crippen LogP contribution >= 0.6 is 0 Å². The number of amidine groups is 1. The monoisotopic (exact) mass is 384 g/mol. The molecule has 0 aromatic heterocycles. The van der Waals surface area contributed by atoms with Gasteiger partial charge in [-0.3, -0.25) is 14.6 Å². The van der Waals surface area contributed by atoms with E-state index in [9.17, 15) is 14.4 Å². The van der Waals surface area contributed by atoms with E-state index in [2.05, 4.69) is 15.6 Å². The van der Waals surface area contributed by atoms with Crippen molar-refractivity contribution in [3.63, 3.8) is 0 Å². The predicted octanol–water partition coefficient (Wildman–Crippen LogP) is 1.49. The molecule has 1 fully saturated rings. The van der Waals surface area contributed by atoms with Crippen LogP contribution in [-0.2, 0) is 9.59 Å². The zero-order valence-electron chi connectivity index (χ0n) is 15.8. The van der Waals surface area contributed by atoms with Gasteiger partial charge in [0, 0.05) is 32.3 Å². The number of hydrogen-bond acceptors (Lipinski definition) is 5. The zero-order valence-corrected chi connectivity index (χ0v) is 15.8. The van der Waals surface area contributed by atoms with Gasteiger partial charge in [-0.25, -0.2) is 4.79 Å². The van der Waals surface area contributed by atoms with E-state index in [1.807, 2.05) is 18.2 Å². The molecule has 2 N–H and O–H groups in total. The average Bonchev–Trinajstić information content (AvgIpc) is 2.72. The largest absolute Gasteiger partial charge is 0.415 e. The van der Waals surface area contributed by atoms with Crippen LogP contribution < -0.4 is 15.4 Å². The van der Waals surface area contributed by atoms with Crippen molar-refractivity contribution in [2.24, 2.45) is 10.9 Å². The summed E-state index contributed by atoms with van der Waals surface area (Å²) in [7, 11) is 1.56. The third kappa shape index (κ3) is 5.18. The molecule has 0 saturated carbocycles. The summed E-state index contributed by atoms with van der Waals surface area (Å²) in [6, 6.07) is 8.99. The van der Waals surface area contributed by atoms with E-state index < -0.39 is 0 Å². The van der Waals surface area contributed by atoms with Crippen LogP contribution in [0.2, 0.25) is 0 Å². The molecular weight excluding hydrogens is 360 g/mol. The Morgan fingerprint density at radius 3 is 2.64 bits per heavy atom. The van der Waals surface area contributed by atoms with Crippen LogP contribution in [0, 0.1) is 5.92 Å². The summed E-state index contributed by atoms with van der Waals surface area (Å²) in [6.45, 7) is 1.69. The third-order valence-corrected chi connectivity index (χ3v) is 4.83. The number of ether oxygens (including phenoxy) is 1. The van der Waals surface area contributed by atoms with Crippen molar-refractivity contribution >= 4 is 23.7 Å². The Hall–Kier alpha value is -3.16. The van der Waals surface area contributed by atoms with Crippen molar-refractivity contribution in [2.45, 2.75) is 19.3 Å². The lowest BCUT2D eigenvalue weighted by Crippen LogP contribution is -2.43. The Morgan fingerprint density at radius 2 is 1.96 bits per heavy atom. The maximum Gasteiger partial charge on any atom is 0.415 e. The van der Waals surface area contributed by atoms with Gasteiger partial charge in [0.2, 0.25) is 11.8 Å². The van der Waals surface area contributed by atoms with Crippen molar-refractivity contribution in [2.75, 3.05) is 26.7 Å². The molecule has 0 spiro atoms. The number of nitrogens with one attached hydrogen (secondary N) is 2. The number of para-hydroxylation sites is 1. The molecule has 8 nitrogen and oxygen atoms in total. The van der Waals surface area contributed by atoms with Crippen molar-refractivity contribution in [1.82, 2.24) is 15.5 Å². The second-order valence-corrected chi connectivity index (χ2v) is 6.82. The topological polar surface area (TPSA) is 100 Å². The molecule has 1 aromatic rings. The normalized spacial score (nSPS) is 19.0. The molecule has 0 atom stereocenters. The molecule has 0 aliphatic carbocycles.